The van der Waals surface area contributed by atoms with Gasteiger partial charge in [-0.3, -0.25) is 0 Å². The number of aromatic nitrogens is 4. The highest BCUT2D eigenvalue weighted by atomic mass is 16.5. The molecular weight excluding hydrogens is 362 g/mol. The van der Waals surface area contributed by atoms with Gasteiger partial charge in [0.1, 0.15) is 11.8 Å². The molecule has 1 atom stereocenters. The van der Waals surface area contributed by atoms with E-state index in [1.807, 2.05) is 0 Å². The Morgan fingerprint density at radius 2 is 1.69 bits per heavy atom. The number of anilines is 1. The molecule has 1 saturated heterocycles. The van der Waals surface area contributed by atoms with Crippen LogP contribution in [0, 0.1) is 0 Å². The molecule has 1 aliphatic rings. The number of imidazole rings is 1. The summed E-state index contributed by atoms with van der Waals surface area (Å²) in [6.45, 7) is 2.28. The standard InChI is InChI=1S/C23H23N5O/c1-3-7-17(8-4-1)20(18-9-5-2-6-10-18)13-19-14-28(11-12-29-19)23-21-22(25-15-24-21)26-16-27-23/h1-10,15-16,19-20H,11-14H2,(H,24,25,26,27). The van der Waals surface area contributed by atoms with Crippen molar-refractivity contribution in [3.8, 4) is 0 Å². The second-order valence-electron chi connectivity index (χ2n) is 7.35. The number of rotatable bonds is 5. The molecule has 146 valence electrons. The third-order valence-corrected chi connectivity index (χ3v) is 5.54. The molecule has 2 aromatic heterocycles. The van der Waals surface area contributed by atoms with Crippen LogP contribution in [0.3, 0.4) is 0 Å². The van der Waals surface area contributed by atoms with Crippen LogP contribution in [-0.2, 0) is 4.74 Å². The van der Waals surface area contributed by atoms with Crippen molar-refractivity contribution in [1.29, 1.82) is 0 Å². The molecule has 3 heterocycles. The van der Waals surface area contributed by atoms with Gasteiger partial charge in [-0.1, -0.05) is 60.7 Å². The Kier molecular flexibility index (Phi) is 4.92. The van der Waals surface area contributed by atoms with Gasteiger partial charge < -0.3 is 14.6 Å². The number of ether oxygens (including phenoxy) is 1. The average molecular weight is 385 g/mol. The summed E-state index contributed by atoms with van der Waals surface area (Å²) in [5, 5.41) is 0. The average Bonchev–Trinajstić information content (AvgIpc) is 3.28. The van der Waals surface area contributed by atoms with Crippen molar-refractivity contribution in [2.45, 2.75) is 18.4 Å². The van der Waals surface area contributed by atoms with Crippen molar-refractivity contribution in [3.05, 3.63) is 84.4 Å². The van der Waals surface area contributed by atoms with Gasteiger partial charge in [0.05, 0.1) is 19.0 Å². The number of H-pyrrole nitrogens is 1. The van der Waals surface area contributed by atoms with Crippen molar-refractivity contribution in [2.75, 3.05) is 24.6 Å². The molecule has 0 radical (unpaired) electrons. The molecule has 0 amide bonds. The van der Waals surface area contributed by atoms with Gasteiger partial charge in [-0.05, 0) is 17.5 Å². The highest BCUT2D eigenvalue weighted by Gasteiger charge is 2.27. The molecule has 2 aromatic carbocycles. The molecule has 1 unspecified atom stereocenters. The number of benzene rings is 2. The predicted molar refractivity (Wildman–Crippen MR) is 113 cm³/mol. The molecule has 0 aliphatic carbocycles. The van der Waals surface area contributed by atoms with Crippen molar-refractivity contribution in [2.24, 2.45) is 0 Å². The lowest BCUT2D eigenvalue weighted by Gasteiger charge is -2.35. The Labute approximate surface area is 169 Å². The summed E-state index contributed by atoms with van der Waals surface area (Å²) in [7, 11) is 0. The van der Waals surface area contributed by atoms with Gasteiger partial charge in [0.2, 0.25) is 0 Å². The molecule has 4 aromatic rings. The lowest BCUT2D eigenvalue weighted by Crippen LogP contribution is -2.43. The van der Waals surface area contributed by atoms with E-state index in [0.717, 1.165) is 30.8 Å². The molecule has 0 saturated carbocycles. The zero-order valence-electron chi connectivity index (χ0n) is 16.1. The maximum Gasteiger partial charge on any atom is 0.182 e. The molecule has 1 N–H and O–H groups in total. The van der Waals surface area contributed by atoms with E-state index in [4.69, 9.17) is 4.74 Å². The quantitative estimate of drug-likeness (QED) is 0.566. The summed E-state index contributed by atoms with van der Waals surface area (Å²) in [6.07, 6.45) is 4.28. The topological polar surface area (TPSA) is 66.9 Å². The summed E-state index contributed by atoms with van der Waals surface area (Å²) in [5.41, 5.74) is 4.22. The second-order valence-corrected chi connectivity index (χ2v) is 7.35. The van der Waals surface area contributed by atoms with Crippen molar-refractivity contribution >= 4 is 17.0 Å². The van der Waals surface area contributed by atoms with Gasteiger partial charge in [0.15, 0.2) is 11.5 Å². The van der Waals surface area contributed by atoms with E-state index in [9.17, 15) is 0 Å². The molecule has 6 heteroatoms. The summed E-state index contributed by atoms with van der Waals surface area (Å²) in [6, 6.07) is 21.4. The van der Waals surface area contributed by atoms with Gasteiger partial charge in [-0.15, -0.1) is 0 Å². The van der Waals surface area contributed by atoms with Gasteiger partial charge in [-0.25, -0.2) is 15.0 Å². The van der Waals surface area contributed by atoms with Crippen LogP contribution in [0.1, 0.15) is 23.5 Å². The zero-order chi connectivity index (χ0) is 19.5. The minimum atomic E-state index is 0.113. The Morgan fingerprint density at radius 3 is 2.41 bits per heavy atom. The number of hydrogen-bond donors (Lipinski definition) is 1. The SMILES string of the molecule is c1ccc(C(CC2CN(c3ncnc4nc[nH]c34)CCO2)c2ccccc2)cc1. The molecule has 0 spiro atoms. The van der Waals surface area contributed by atoms with E-state index in [2.05, 4.69) is 85.5 Å². The van der Waals surface area contributed by atoms with E-state index in [0.29, 0.717) is 18.2 Å². The summed E-state index contributed by atoms with van der Waals surface area (Å²) >= 11 is 0. The maximum atomic E-state index is 6.19. The lowest BCUT2D eigenvalue weighted by atomic mass is 9.86. The molecular formula is C23H23N5O. The van der Waals surface area contributed by atoms with Gasteiger partial charge >= 0.3 is 0 Å². The second kappa shape index (κ2) is 8.01. The predicted octanol–water partition coefficient (Wildman–Crippen LogP) is 3.78. The number of nitrogens with one attached hydrogen (secondary N) is 1. The fourth-order valence-corrected chi connectivity index (χ4v) is 4.14. The van der Waals surface area contributed by atoms with Crippen molar-refractivity contribution in [3.63, 3.8) is 0 Å². The van der Waals surface area contributed by atoms with E-state index in [1.54, 1.807) is 12.7 Å². The van der Waals surface area contributed by atoms with Gasteiger partial charge in [-0.2, -0.15) is 0 Å². The lowest BCUT2D eigenvalue weighted by molar-refractivity contribution is 0.0325. The first-order valence-corrected chi connectivity index (χ1v) is 9.99. The number of morpholine rings is 1. The molecule has 29 heavy (non-hydrogen) atoms. The van der Waals surface area contributed by atoms with Crippen LogP contribution in [0.5, 0.6) is 0 Å². The van der Waals surface area contributed by atoms with Gasteiger partial charge in [0, 0.05) is 19.0 Å². The van der Waals surface area contributed by atoms with Crippen LogP contribution in [-0.4, -0.2) is 45.7 Å². The zero-order valence-corrected chi connectivity index (χ0v) is 16.1. The Hall–Kier alpha value is -3.25. The molecule has 1 aliphatic heterocycles. The van der Waals surface area contributed by atoms with Crippen LogP contribution in [0.4, 0.5) is 5.82 Å². The number of fused-ring (bicyclic) bond motifs is 1. The van der Waals surface area contributed by atoms with Crippen LogP contribution in [0.25, 0.3) is 11.2 Å². The van der Waals surface area contributed by atoms with E-state index < -0.39 is 0 Å². The fraction of sp³-hybridized carbons (Fsp3) is 0.261. The number of nitrogens with zero attached hydrogens (tertiary/aromatic N) is 4. The van der Waals surface area contributed by atoms with Crippen molar-refractivity contribution in [1.82, 2.24) is 19.9 Å². The highest BCUT2D eigenvalue weighted by molar-refractivity contribution is 5.82. The molecule has 5 rings (SSSR count). The third-order valence-electron chi connectivity index (χ3n) is 5.54. The first-order valence-electron chi connectivity index (χ1n) is 9.99. The number of aromatic amines is 1. The normalized spacial score (nSPS) is 17.1. The Morgan fingerprint density at radius 1 is 0.966 bits per heavy atom. The smallest absolute Gasteiger partial charge is 0.182 e. The van der Waals surface area contributed by atoms with Crippen LogP contribution >= 0.6 is 0 Å². The first kappa shape index (κ1) is 17.8. The fourth-order valence-electron chi connectivity index (χ4n) is 4.14. The minimum Gasteiger partial charge on any atom is -0.375 e. The maximum absolute atomic E-state index is 6.19. The van der Waals surface area contributed by atoms with Crippen molar-refractivity contribution < 1.29 is 4.74 Å². The van der Waals surface area contributed by atoms with E-state index in [1.165, 1.54) is 11.1 Å². The Balaban J connectivity index is 1.40. The molecule has 1 fully saturated rings. The van der Waals surface area contributed by atoms with Crippen LogP contribution in [0.2, 0.25) is 0 Å². The summed E-state index contributed by atoms with van der Waals surface area (Å²) < 4.78 is 6.19. The monoisotopic (exact) mass is 385 g/mol. The Bertz CT molecular complexity index is 1030. The third kappa shape index (κ3) is 3.71. The summed E-state index contributed by atoms with van der Waals surface area (Å²) in [4.78, 5) is 18.5. The highest BCUT2D eigenvalue weighted by Crippen LogP contribution is 2.32. The van der Waals surface area contributed by atoms with E-state index in [-0.39, 0.29) is 6.10 Å². The van der Waals surface area contributed by atoms with E-state index >= 15 is 0 Å². The van der Waals surface area contributed by atoms with Crippen LogP contribution < -0.4 is 4.90 Å². The molecule has 6 nitrogen and oxygen atoms in total. The largest absolute Gasteiger partial charge is 0.375 e. The first-order chi connectivity index (χ1) is 14.4. The summed E-state index contributed by atoms with van der Waals surface area (Å²) in [5.74, 6) is 1.19. The minimum absolute atomic E-state index is 0.113. The van der Waals surface area contributed by atoms with Crippen LogP contribution in [0.15, 0.2) is 73.3 Å². The molecule has 0 bridgehead atoms. The van der Waals surface area contributed by atoms with Gasteiger partial charge in [0.25, 0.3) is 0 Å². The number of hydrogen-bond acceptors (Lipinski definition) is 5.